The van der Waals surface area contributed by atoms with Crippen molar-refractivity contribution in [1.82, 2.24) is 0 Å². The Labute approximate surface area is 366 Å². The molecule has 2 spiro atoms. The fraction of sp³-hybridized carbons (Fsp3) is 0.421. The van der Waals surface area contributed by atoms with Gasteiger partial charge in [-0.2, -0.15) is 0 Å². The van der Waals surface area contributed by atoms with Gasteiger partial charge in [-0.15, -0.1) is 0 Å². The summed E-state index contributed by atoms with van der Waals surface area (Å²) in [6.07, 6.45) is 13.9. The number of rotatable bonds is 10. The fourth-order valence-electron chi connectivity index (χ4n) is 6.13. The zero-order valence-electron chi connectivity index (χ0n) is 32.0. The van der Waals surface area contributed by atoms with Crippen molar-refractivity contribution in [2.45, 2.75) is 102 Å². The molecule has 0 aromatic heterocycles. The van der Waals surface area contributed by atoms with Crippen LogP contribution >= 0.6 is 0 Å². The van der Waals surface area contributed by atoms with E-state index in [2.05, 4.69) is 0 Å². The number of hydrogen-bond acceptors (Lipinski definition) is 16. The van der Waals surface area contributed by atoms with Gasteiger partial charge in [0.15, 0.2) is 11.6 Å². The van der Waals surface area contributed by atoms with E-state index >= 15 is 0 Å². The number of ether oxygens (including phenoxy) is 8. The van der Waals surface area contributed by atoms with Crippen LogP contribution in [0.2, 0.25) is 0 Å². The Morgan fingerprint density at radius 1 is 0.482 bits per heavy atom. The Kier molecular flexibility index (Phi) is 15.7. The van der Waals surface area contributed by atoms with Crippen LogP contribution in [0.3, 0.4) is 0 Å². The van der Waals surface area contributed by atoms with Gasteiger partial charge < -0.3 is 48.1 Å². The van der Waals surface area contributed by atoms with Crippen LogP contribution in [0.1, 0.15) is 79.1 Å². The van der Waals surface area contributed by atoms with Crippen LogP contribution in [-0.4, -0.2) is 59.0 Å². The summed E-state index contributed by atoms with van der Waals surface area (Å²) in [5.74, 6) is -13.3. The first-order valence-corrected chi connectivity index (χ1v) is 17.3. The second-order valence-electron chi connectivity index (χ2n) is 13.2. The van der Waals surface area contributed by atoms with Crippen molar-refractivity contribution in [3.8, 4) is 0 Å². The standard InChI is InChI=1S/C38H40O16.2Na/c1-5-17-35(3)47-27(39)23(28(40)48-35)13-9-7-11-15-25-31(43)51-37(52-32(25)44)19-21-38(22-20-37)53-33(45)26(34(46)54-38)16-12-8-10-14-24-29(41)49-36(4,18-6-2)50-30(24)42;;/h7-16,39,41H,5-6,17-22H2,1-4H3;;/q;2*+1/p-2/b11-7+,12-8+,13-9+,14-10+,25-15?,26-16?;;. The van der Waals surface area contributed by atoms with Crippen molar-refractivity contribution < 1.29 is 136 Å². The van der Waals surface area contributed by atoms with Crippen LogP contribution < -0.4 is 69.3 Å². The largest absolute Gasteiger partial charge is 1.00 e. The maximum absolute atomic E-state index is 12.8. The quantitative estimate of drug-likeness (QED) is 0.0524. The number of cyclic esters (lactones) is 2. The average molecular weight is 797 g/mol. The number of carbonyl (C=O) groups is 6. The molecule has 56 heavy (non-hydrogen) atoms. The third-order valence-corrected chi connectivity index (χ3v) is 8.79. The van der Waals surface area contributed by atoms with Crippen molar-refractivity contribution in [2.24, 2.45) is 0 Å². The Morgan fingerprint density at radius 3 is 1.09 bits per heavy atom. The van der Waals surface area contributed by atoms with E-state index in [1.165, 1.54) is 62.5 Å². The van der Waals surface area contributed by atoms with E-state index in [0.717, 1.165) is 12.2 Å². The van der Waals surface area contributed by atoms with Crippen molar-refractivity contribution in [3.05, 3.63) is 94.9 Å². The van der Waals surface area contributed by atoms with Crippen molar-refractivity contribution in [3.63, 3.8) is 0 Å². The van der Waals surface area contributed by atoms with E-state index in [9.17, 15) is 39.0 Å². The molecule has 3 fully saturated rings. The van der Waals surface area contributed by atoms with Gasteiger partial charge >= 0.3 is 94.9 Å². The average Bonchev–Trinajstić information content (AvgIpc) is 3.06. The second-order valence-corrected chi connectivity index (χ2v) is 13.2. The van der Waals surface area contributed by atoms with Gasteiger partial charge in [-0.3, -0.25) is 0 Å². The topological polar surface area (TPSA) is 222 Å². The summed E-state index contributed by atoms with van der Waals surface area (Å²) in [6, 6.07) is 0. The van der Waals surface area contributed by atoms with Crippen LogP contribution in [0, 0.1) is 0 Å². The zero-order chi connectivity index (χ0) is 39.3. The minimum absolute atomic E-state index is 0. The molecule has 288 valence electrons. The zero-order valence-corrected chi connectivity index (χ0v) is 36.0. The van der Waals surface area contributed by atoms with Gasteiger partial charge in [-0.1, -0.05) is 63.1 Å². The molecule has 1 saturated carbocycles. The molecular weight excluding hydrogens is 758 g/mol. The Morgan fingerprint density at radius 2 is 0.804 bits per heavy atom. The first-order valence-electron chi connectivity index (χ1n) is 17.3. The summed E-state index contributed by atoms with van der Waals surface area (Å²) in [5.41, 5.74) is -1.51. The van der Waals surface area contributed by atoms with Crippen LogP contribution in [-0.2, 0) is 66.7 Å². The number of carbonyl (C=O) groups excluding carboxylic acids is 6. The fourth-order valence-corrected chi connectivity index (χ4v) is 6.13. The van der Waals surface area contributed by atoms with Gasteiger partial charge in [-0.25, -0.2) is 28.8 Å². The second kappa shape index (κ2) is 18.9. The molecule has 0 aromatic carbocycles. The Balaban J connectivity index is 0.00000420. The molecule has 2 unspecified atom stereocenters. The number of esters is 6. The van der Waals surface area contributed by atoms with Gasteiger partial charge in [0.05, 0.1) is 23.0 Å². The first-order chi connectivity index (χ1) is 25.5. The molecular formula is C38H38Na2O16. The SMILES string of the molecule is CCCC1(C)OC(=O)C(/C=C/C=C/C=C2C(=O)OC3(CCC4(CC3)OC(=O)C(=C/C=C/C=C/C3=C([O-])OC(C)(CCC)OC3=O)C(=O)O4)OC2=O)=C([O-])O1.[Na+].[Na+]. The van der Waals surface area contributed by atoms with Crippen LogP contribution in [0.4, 0.5) is 0 Å². The van der Waals surface area contributed by atoms with Crippen molar-refractivity contribution >= 4 is 35.8 Å². The minimum atomic E-state index is -1.68. The van der Waals surface area contributed by atoms with E-state index in [4.69, 9.17) is 37.9 Å². The maximum atomic E-state index is 12.8. The van der Waals surface area contributed by atoms with Crippen molar-refractivity contribution in [2.75, 3.05) is 0 Å². The predicted molar refractivity (Wildman–Crippen MR) is 176 cm³/mol. The number of allylic oxidation sites excluding steroid dienone is 8. The summed E-state index contributed by atoms with van der Waals surface area (Å²) in [6.45, 7) is 6.69. The van der Waals surface area contributed by atoms with Crippen LogP contribution in [0.5, 0.6) is 0 Å². The van der Waals surface area contributed by atoms with Crippen LogP contribution in [0.15, 0.2) is 94.9 Å². The Hall–Kier alpha value is -4.06. The molecule has 2 atom stereocenters. The molecule has 18 heteroatoms. The van der Waals surface area contributed by atoms with E-state index in [1.807, 2.05) is 13.8 Å². The summed E-state index contributed by atoms with van der Waals surface area (Å²) >= 11 is 0. The maximum Gasteiger partial charge on any atom is 1.00 e. The van der Waals surface area contributed by atoms with Gasteiger partial charge in [0.1, 0.15) is 11.1 Å². The van der Waals surface area contributed by atoms with E-state index in [-0.39, 0.29) is 95.9 Å². The van der Waals surface area contributed by atoms with E-state index in [1.54, 1.807) is 0 Å². The van der Waals surface area contributed by atoms with Gasteiger partial charge in [0.25, 0.3) is 11.6 Å². The van der Waals surface area contributed by atoms with Gasteiger partial charge in [-0.05, 0) is 51.0 Å². The molecule has 2 saturated heterocycles. The first kappa shape index (κ1) is 46.3. The monoisotopic (exact) mass is 796 g/mol. The third-order valence-electron chi connectivity index (χ3n) is 8.79. The third kappa shape index (κ3) is 10.7. The molecule has 1 aliphatic carbocycles. The van der Waals surface area contributed by atoms with Crippen molar-refractivity contribution in [1.29, 1.82) is 0 Å². The van der Waals surface area contributed by atoms with Crippen LogP contribution in [0.25, 0.3) is 0 Å². The Bertz CT molecular complexity index is 1700. The molecule has 0 amide bonds. The minimum Gasteiger partial charge on any atom is -0.574 e. The molecule has 0 bridgehead atoms. The summed E-state index contributed by atoms with van der Waals surface area (Å²) in [4.78, 5) is 75.8. The predicted octanol–water partition coefficient (Wildman–Crippen LogP) is -3.44. The normalized spacial score (nSPS) is 29.4. The smallest absolute Gasteiger partial charge is 0.574 e. The van der Waals surface area contributed by atoms with E-state index < -0.39 is 82.0 Å². The molecule has 4 heterocycles. The molecule has 16 nitrogen and oxygen atoms in total. The molecule has 4 aliphatic heterocycles. The van der Waals surface area contributed by atoms with Gasteiger partial charge in [0.2, 0.25) is 0 Å². The summed E-state index contributed by atoms with van der Waals surface area (Å²) < 4.78 is 42.9. The summed E-state index contributed by atoms with van der Waals surface area (Å²) in [7, 11) is 0. The summed E-state index contributed by atoms with van der Waals surface area (Å²) in [5, 5.41) is 24.6. The number of hydrogen-bond donors (Lipinski definition) is 0. The van der Waals surface area contributed by atoms with Gasteiger partial charge in [0, 0.05) is 25.7 Å². The molecule has 0 aromatic rings. The molecule has 5 aliphatic rings. The molecule has 0 radical (unpaired) electrons. The van der Waals surface area contributed by atoms with E-state index in [0.29, 0.717) is 25.7 Å². The molecule has 5 rings (SSSR count). The molecule has 0 N–H and O–H groups in total.